The Morgan fingerprint density at radius 3 is 3.00 bits per heavy atom. The lowest BCUT2D eigenvalue weighted by molar-refractivity contribution is 0.109. The van der Waals surface area contributed by atoms with Crippen LogP contribution in [-0.4, -0.2) is 5.11 Å². The van der Waals surface area contributed by atoms with Crippen molar-refractivity contribution in [2.24, 2.45) is 11.8 Å². The van der Waals surface area contributed by atoms with Crippen LogP contribution < -0.4 is 0 Å². The van der Waals surface area contributed by atoms with Crippen LogP contribution in [0, 0.1) is 11.8 Å². The molecule has 1 N–H and O–H groups in total. The molecule has 0 aliphatic heterocycles. The average molecular weight is 210 g/mol. The molecule has 1 fully saturated rings. The molecule has 1 aromatic rings. The minimum atomic E-state index is -0.210. The standard InChI is InChI=1S/C12H18OS/c1-2-9-3-4-10(7-9)12(13)11-5-6-14-8-11/h5-6,8-10,12-13H,2-4,7H2,1H3. The van der Waals surface area contributed by atoms with Gasteiger partial charge in [-0.3, -0.25) is 0 Å². The number of aliphatic hydroxyl groups is 1. The first-order valence-corrected chi connectivity index (χ1v) is 6.45. The predicted octanol–water partition coefficient (Wildman–Crippen LogP) is 3.61. The lowest BCUT2D eigenvalue weighted by atomic mass is 9.94. The molecule has 1 aliphatic carbocycles. The number of hydrogen-bond donors (Lipinski definition) is 1. The molecule has 1 saturated carbocycles. The quantitative estimate of drug-likeness (QED) is 0.808. The van der Waals surface area contributed by atoms with E-state index < -0.39 is 0 Å². The fourth-order valence-corrected chi connectivity index (χ4v) is 3.18. The van der Waals surface area contributed by atoms with Gasteiger partial charge >= 0.3 is 0 Å². The van der Waals surface area contributed by atoms with Crippen LogP contribution in [0.25, 0.3) is 0 Å². The summed E-state index contributed by atoms with van der Waals surface area (Å²) < 4.78 is 0. The van der Waals surface area contributed by atoms with Crippen LogP contribution in [0.5, 0.6) is 0 Å². The summed E-state index contributed by atoms with van der Waals surface area (Å²) in [6, 6.07) is 2.05. The highest BCUT2D eigenvalue weighted by Gasteiger charge is 2.29. The molecule has 0 amide bonds. The highest BCUT2D eigenvalue weighted by Crippen LogP contribution is 2.40. The molecule has 14 heavy (non-hydrogen) atoms. The molecular formula is C12H18OS. The largest absolute Gasteiger partial charge is 0.388 e. The van der Waals surface area contributed by atoms with Crippen molar-refractivity contribution in [2.45, 2.75) is 38.7 Å². The summed E-state index contributed by atoms with van der Waals surface area (Å²) in [5, 5.41) is 14.2. The van der Waals surface area contributed by atoms with Crippen LogP contribution in [0.3, 0.4) is 0 Å². The highest BCUT2D eigenvalue weighted by molar-refractivity contribution is 7.07. The Morgan fingerprint density at radius 1 is 1.57 bits per heavy atom. The molecule has 2 rings (SSSR count). The third kappa shape index (κ3) is 2.01. The van der Waals surface area contributed by atoms with Gasteiger partial charge in [-0.05, 0) is 47.1 Å². The van der Waals surface area contributed by atoms with Crippen LogP contribution in [0.15, 0.2) is 16.8 Å². The molecular weight excluding hydrogens is 192 g/mol. The van der Waals surface area contributed by atoms with Gasteiger partial charge in [-0.15, -0.1) is 0 Å². The van der Waals surface area contributed by atoms with Crippen LogP contribution in [-0.2, 0) is 0 Å². The third-order valence-electron chi connectivity index (χ3n) is 3.49. The molecule has 1 heterocycles. The smallest absolute Gasteiger partial charge is 0.0826 e. The molecule has 3 atom stereocenters. The molecule has 3 unspecified atom stereocenters. The summed E-state index contributed by atoms with van der Waals surface area (Å²) in [5.74, 6) is 1.36. The van der Waals surface area contributed by atoms with Crippen molar-refractivity contribution < 1.29 is 5.11 Å². The number of rotatable bonds is 3. The Bertz CT molecular complexity index is 268. The zero-order chi connectivity index (χ0) is 9.97. The van der Waals surface area contributed by atoms with Gasteiger partial charge in [-0.25, -0.2) is 0 Å². The molecule has 0 saturated heterocycles. The first kappa shape index (κ1) is 10.2. The van der Waals surface area contributed by atoms with Gasteiger partial charge in [0.1, 0.15) is 0 Å². The second-order valence-corrected chi connectivity index (χ2v) is 5.13. The van der Waals surface area contributed by atoms with E-state index in [4.69, 9.17) is 0 Å². The molecule has 1 aliphatic rings. The maximum atomic E-state index is 10.1. The second-order valence-electron chi connectivity index (χ2n) is 4.35. The lowest BCUT2D eigenvalue weighted by Crippen LogP contribution is -2.08. The van der Waals surface area contributed by atoms with Gasteiger partial charge in [0.25, 0.3) is 0 Å². The van der Waals surface area contributed by atoms with Crippen molar-refractivity contribution in [1.29, 1.82) is 0 Å². The Kier molecular flexibility index (Phi) is 3.24. The first-order chi connectivity index (χ1) is 6.81. The first-order valence-electron chi connectivity index (χ1n) is 5.51. The predicted molar refractivity (Wildman–Crippen MR) is 60.4 cm³/mol. The zero-order valence-electron chi connectivity index (χ0n) is 8.65. The van der Waals surface area contributed by atoms with E-state index in [9.17, 15) is 5.11 Å². The van der Waals surface area contributed by atoms with Gasteiger partial charge in [-0.2, -0.15) is 11.3 Å². The monoisotopic (exact) mass is 210 g/mol. The maximum absolute atomic E-state index is 10.1. The van der Waals surface area contributed by atoms with Gasteiger partial charge in [0, 0.05) is 0 Å². The van der Waals surface area contributed by atoms with Gasteiger partial charge in [-0.1, -0.05) is 19.8 Å². The highest BCUT2D eigenvalue weighted by atomic mass is 32.1. The minimum Gasteiger partial charge on any atom is -0.388 e. The van der Waals surface area contributed by atoms with Crippen molar-refractivity contribution in [1.82, 2.24) is 0 Å². The normalized spacial score (nSPS) is 29.3. The van der Waals surface area contributed by atoms with E-state index in [0.29, 0.717) is 5.92 Å². The van der Waals surface area contributed by atoms with E-state index in [1.54, 1.807) is 11.3 Å². The Hall–Kier alpha value is -0.340. The van der Waals surface area contributed by atoms with Gasteiger partial charge < -0.3 is 5.11 Å². The fraction of sp³-hybridized carbons (Fsp3) is 0.667. The minimum absolute atomic E-state index is 0.210. The van der Waals surface area contributed by atoms with E-state index in [2.05, 4.69) is 18.4 Å². The summed E-state index contributed by atoms with van der Waals surface area (Å²) in [7, 11) is 0. The molecule has 0 spiro atoms. The molecule has 78 valence electrons. The van der Waals surface area contributed by atoms with Crippen molar-refractivity contribution >= 4 is 11.3 Å². The van der Waals surface area contributed by atoms with E-state index in [1.165, 1.54) is 25.7 Å². The Morgan fingerprint density at radius 2 is 2.43 bits per heavy atom. The summed E-state index contributed by atoms with van der Waals surface area (Å²) in [4.78, 5) is 0. The fourth-order valence-electron chi connectivity index (χ4n) is 2.49. The second kappa shape index (κ2) is 4.45. The summed E-state index contributed by atoms with van der Waals surface area (Å²) in [6.07, 6.45) is 4.79. The summed E-state index contributed by atoms with van der Waals surface area (Å²) in [5.41, 5.74) is 1.12. The van der Waals surface area contributed by atoms with Crippen LogP contribution in [0.4, 0.5) is 0 Å². The number of aliphatic hydroxyl groups excluding tert-OH is 1. The van der Waals surface area contributed by atoms with E-state index in [-0.39, 0.29) is 6.10 Å². The van der Waals surface area contributed by atoms with Crippen LogP contribution in [0.1, 0.15) is 44.3 Å². The van der Waals surface area contributed by atoms with Crippen molar-refractivity contribution in [3.8, 4) is 0 Å². The SMILES string of the molecule is CCC1CCC(C(O)c2ccsc2)C1. The van der Waals surface area contributed by atoms with Crippen LogP contribution >= 0.6 is 11.3 Å². The molecule has 0 bridgehead atoms. The third-order valence-corrected chi connectivity index (χ3v) is 4.19. The van der Waals surface area contributed by atoms with Crippen molar-refractivity contribution in [3.05, 3.63) is 22.4 Å². The van der Waals surface area contributed by atoms with E-state index in [0.717, 1.165) is 11.5 Å². The Balaban J connectivity index is 1.97. The maximum Gasteiger partial charge on any atom is 0.0826 e. The van der Waals surface area contributed by atoms with Crippen molar-refractivity contribution in [2.75, 3.05) is 0 Å². The van der Waals surface area contributed by atoms with Crippen molar-refractivity contribution in [3.63, 3.8) is 0 Å². The molecule has 2 heteroatoms. The summed E-state index contributed by atoms with van der Waals surface area (Å²) in [6.45, 7) is 2.25. The molecule has 1 aromatic heterocycles. The summed E-state index contributed by atoms with van der Waals surface area (Å²) >= 11 is 1.67. The van der Waals surface area contributed by atoms with Crippen LogP contribution in [0.2, 0.25) is 0 Å². The Labute approximate surface area is 89.8 Å². The van der Waals surface area contributed by atoms with E-state index in [1.807, 2.05) is 5.38 Å². The lowest BCUT2D eigenvalue weighted by Gasteiger charge is -2.17. The average Bonchev–Trinajstić information content (AvgIpc) is 2.88. The molecule has 1 nitrogen and oxygen atoms in total. The van der Waals surface area contributed by atoms with E-state index >= 15 is 0 Å². The zero-order valence-corrected chi connectivity index (χ0v) is 9.46. The molecule has 0 radical (unpaired) electrons. The van der Waals surface area contributed by atoms with Gasteiger partial charge in [0.15, 0.2) is 0 Å². The topological polar surface area (TPSA) is 20.2 Å². The van der Waals surface area contributed by atoms with Gasteiger partial charge in [0.05, 0.1) is 6.10 Å². The number of thiophene rings is 1. The molecule has 0 aromatic carbocycles. The number of hydrogen-bond acceptors (Lipinski definition) is 2. The van der Waals surface area contributed by atoms with Gasteiger partial charge in [0.2, 0.25) is 0 Å².